The van der Waals surface area contributed by atoms with E-state index in [0.717, 1.165) is 5.56 Å². The van der Waals surface area contributed by atoms with E-state index in [1.165, 1.54) is 0 Å². The molecule has 0 unspecified atom stereocenters. The van der Waals surface area contributed by atoms with Gasteiger partial charge in [-0.05, 0) is 17.7 Å². The molecule has 1 N–H and O–H groups in total. The Morgan fingerprint density at radius 1 is 1.35 bits per heavy atom. The maximum atomic E-state index is 11.8. The third-order valence-corrected chi connectivity index (χ3v) is 2.86. The summed E-state index contributed by atoms with van der Waals surface area (Å²) in [6.07, 6.45) is 3.62. The highest BCUT2D eigenvalue weighted by molar-refractivity contribution is 6.31. The van der Waals surface area contributed by atoms with Crippen LogP contribution >= 0.6 is 11.6 Å². The van der Waals surface area contributed by atoms with Crippen molar-refractivity contribution in [1.82, 2.24) is 9.88 Å². The molecule has 1 aromatic carbocycles. The summed E-state index contributed by atoms with van der Waals surface area (Å²) in [5.74, 6) is -0.0921. The summed E-state index contributed by atoms with van der Waals surface area (Å²) >= 11 is 6.00. The van der Waals surface area contributed by atoms with Crippen LogP contribution in [0.4, 0.5) is 0 Å². The summed E-state index contributed by atoms with van der Waals surface area (Å²) in [6, 6.07) is 9.25. The smallest absolute Gasteiger partial charge is 0.253 e. The molecule has 2 aromatic rings. The Bertz CT molecular complexity index is 534. The Morgan fingerprint density at radius 2 is 2.12 bits per heavy atom. The van der Waals surface area contributed by atoms with E-state index in [1.807, 2.05) is 42.1 Å². The minimum Gasteiger partial charge on any atom is -0.356 e. The van der Waals surface area contributed by atoms with Crippen molar-refractivity contribution >= 4 is 17.5 Å². The maximum Gasteiger partial charge on any atom is 0.253 e. The number of aromatic nitrogens is 1. The van der Waals surface area contributed by atoms with Crippen LogP contribution in [0.5, 0.6) is 0 Å². The van der Waals surface area contributed by atoms with Crippen molar-refractivity contribution in [2.24, 2.45) is 7.05 Å². The molecule has 0 bridgehead atoms. The molecule has 0 atom stereocenters. The summed E-state index contributed by atoms with van der Waals surface area (Å²) in [7, 11) is 1.88. The Hall–Kier alpha value is -1.74. The number of nitrogens with one attached hydrogen (secondary N) is 1. The zero-order valence-corrected chi connectivity index (χ0v) is 10.2. The van der Waals surface area contributed by atoms with Crippen LogP contribution in [-0.4, -0.2) is 10.5 Å². The zero-order valence-electron chi connectivity index (χ0n) is 9.48. The average molecular weight is 249 g/mol. The lowest BCUT2D eigenvalue weighted by Gasteiger charge is -2.05. The number of carbonyl (C=O) groups is 1. The second kappa shape index (κ2) is 5.06. The minimum absolute atomic E-state index is 0.0921. The zero-order chi connectivity index (χ0) is 12.3. The van der Waals surface area contributed by atoms with Crippen molar-refractivity contribution in [3.05, 3.63) is 58.9 Å². The van der Waals surface area contributed by atoms with Crippen LogP contribution in [-0.2, 0) is 13.6 Å². The monoisotopic (exact) mass is 248 g/mol. The first kappa shape index (κ1) is 11.7. The van der Waals surface area contributed by atoms with E-state index in [-0.39, 0.29) is 5.91 Å². The van der Waals surface area contributed by atoms with E-state index in [2.05, 4.69) is 5.32 Å². The normalized spacial score (nSPS) is 10.2. The third-order valence-electron chi connectivity index (χ3n) is 2.49. The van der Waals surface area contributed by atoms with Gasteiger partial charge in [0.15, 0.2) is 0 Å². The number of amides is 1. The van der Waals surface area contributed by atoms with Crippen LogP contribution in [0, 0.1) is 0 Å². The molecule has 1 amide bonds. The molecule has 0 saturated heterocycles. The number of hydrogen-bond donors (Lipinski definition) is 1. The molecule has 17 heavy (non-hydrogen) atoms. The molecule has 0 spiro atoms. The minimum atomic E-state index is -0.0921. The van der Waals surface area contributed by atoms with E-state index < -0.39 is 0 Å². The average Bonchev–Trinajstić information content (AvgIpc) is 2.74. The van der Waals surface area contributed by atoms with Gasteiger partial charge in [-0.3, -0.25) is 4.79 Å². The van der Waals surface area contributed by atoms with Crippen LogP contribution in [0.3, 0.4) is 0 Å². The highest BCUT2D eigenvalue weighted by atomic mass is 35.5. The van der Waals surface area contributed by atoms with Gasteiger partial charge in [-0.25, -0.2) is 0 Å². The highest BCUT2D eigenvalue weighted by Gasteiger charge is 2.07. The largest absolute Gasteiger partial charge is 0.356 e. The maximum absolute atomic E-state index is 11.8. The van der Waals surface area contributed by atoms with Crippen LogP contribution in [0.1, 0.15) is 15.9 Å². The van der Waals surface area contributed by atoms with Crippen LogP contribution in [0.25, 0.3) is 0 Å². The molecule has 0 saturated carbocycles. The van der Waals surface area contributed by atoms with Gasteiger partial charge in [0.1, 0.15) is 0 Å². The number of rotatable bonds is 3. The van der Waals surface area contributed by atoms with Gasteiger partial charge in [-0.1, -0.05) is 29.8 Å². The van der Waals surface area contributed by atoms with Crippen molar-refractivity contribution < 1.29 is 4.79 Å². The quantitative estimate of drug-likeness (QED) is 0.890. The predicted octanol–water partition coefficient (Wildman–Crippen LogP) is 2.61. The highest BCUT2D eigenvalue weighted by Crippen LogP contribution is 2.14. The van der Waals surface area contributed by atoms with Gasteiger partial charge in [0, 0.05) is 31.0 Å². The summed E-state index contributed by atoms with van der Waals surface area (Å²) < 4.78 is 1.84. The van der Waals surface area contributed by atoms with Crippen molar-refractivity contribution in [3.8, 4) is 0 Å². The molecular formula is C13H13ClN2O. The molecular weight excluding hydrogens is 236 g/mol. The third kappa shape index (κ3) is 2.88. The first-order valence-corrected chi connectivity index (χ1v) is 5.68. The molecule has 2 rings (SSSR count). The first-order chi connectivity index (χ1) is 8.16. The number of aryl methyl sites for hydroxylation is 1. The molecule has 4 heteroatoms. The molecule has 0 aliphatic rings. The Balaban J connectivity index is 1.99. The molecule has 3 nitrogen and oxygen atoms in total. The Morgan fingerprint density at radius 3 is 2.76 bits per heavy atom. The van der Waals surface area contributed by atoms with Gasteiger partial charge < -0.3 is 9.88 Å². The summed E-state index contributed by atoms with van der Waals surface area (Å²) in [6.45, 7) is 0.438. The molecule has 0 aliphatic heterocycles. The number of hydrogen-bond acceptors (Lipinski definition) is 1. The second-order valence-electron chi connectivity index (χ2n) is 3.84. The second-order valence-corrected chi connectivity index (χ2v) is 4.25. The molecule has 0 radical (unpaired) electrons. The summed E-state index contributed by atoms with van der Waals surface area (Å²) in [5.41, 5.74) is 1.57. The molecule has 0 aliphatic carbocycles. The fourth-order valence-electron chi connectivity index (χ4n) is 1.56. The Labute approximate surface area is 105 Å². The van der Waals surface area contributed by atoms with Crippen molar-refractivity contribution in [1.29, 1.82) is 0 Å². The van der Waals surface area contributed by atoms with Gasteiger partial charge in [0.25, 0.3) is 5.91 Å². The fraction of sp³-hybridized carbons (Fsp3) is 0.154. The van der Waals surface area contributed by atoms with E-state index in [9.17, 15) is 4.79 Å². The van der Waals surface area contributed by atoms with Crippen LogP contribution in [0.15, 0.2) is 42.7 Å². The van der Waals surface area contributed by atoms with Gasteiger partial charge in [-0.2, -0.15) is 0 Å². The molecule has 1 heterocycles. The number of carbonyl (C=O) groups excluding carboxylic acids is 1. The van der Waals surface area contributed by atoms with Gasteiger partial charge >= 0.3 is 0 Å². The Kier molecular flexibility index (Phi) is 3.49. The number of nitrogens with zero attached hydrogens (tertiary/aromatic N) is 1. The predicted molar refractivity (Wildman–Crippen MR) is 68.0 cm³/mol. The lowest BCUT2D eigenvalue weighted by Crippen LogP contribution is -2.22. The van der Waals surface area contributed by atoms with E-state index in [0.29, 0.717) is 17.1 Å². The topological polar surface area (TPSA) is 34.0 Å². The summed E-state index contributed by atoms with van der Waals surface area (Å²) in [4.78, 5) is 11.8. The molecule has 88 valence electrons. The van der Waals surface area contributed by atoms with Gasteiger partial charge in [-0.15, -0.1) is 0 Å². The van der Waals surface area contributed by atoms with Crippen LogP contribution < -0.4 is 5.32 Å². The fourth-order valence-corrected chi connectivity index (χ4v) is 1.76. The number of halogens is 1. The van der Waals surface area contributed by atoms with Gasteiger partial charge in [0.2, 0.25) is 0 Å². The lowest BCUT2D eigenvalue weighted by molar-refractivity contribution is 0.0951. The molecule has 0 fully saturated rings. The number of benzene rings is 1. The van der Waals surface area contributed by atoms with Crippen molar-refractivity contribution in [2.45, 2.75) is 6.54 Å². The first-order valence-electron chi connectivity index (χ1n) is 5.30. The van der Waals surface area contributed by atoms with Crippen molar-refractivity contribution in [3.63, 3.8) is 0 Å². The summed E-state index contributed by atoms with van der Waals surface area (Å²) in [5, 5.41) is 3.50. The molecule has 1 aromatic heterocycles. The lowest BCUT2D eigenvalue weighted by atomic mass is 10.2. The van der Waals surface area contributed by atoms with E-state index in [1.54, 1.807) is 12.3 Å². The van der Waals surface area contributed by atoms with E-state index in [4.69, 9.17) is 11.6 Å². The van der Waals surface area contributed by atoms with Gasteiger partial charge in [0.05, 0.1) is 5.56 Å². The van der Waals surface area contributed by atoms with Crippen molar-refractivity contribution in [2.75, 3.05) is 0 Å². The van der Waals surface area contributed by atoms with E-state index >= 15 is 0 Å². The standard InChI is InChI=1S/C13H13ClN2O/c1-16-7-6-11(9-16)13(17)15-8-10-4-2-3-5-12(10)14/h2-7,9H,8H2,1H3,(H,15,17). The van der Waals surface area contributed by atoms with Crippen LogP contribution in [0.2, 0.25) is 5.02 Å². The SMILES string of the molecule is Cn1ccc(C(=O)NCc2ccccc2Cl)c1.